The number of rotatable bonds is 7. The van der Waals surface area contributed by atoms with Crippen molar-refractivity contribution in [2.45, 2.75) is 24.5 Å². The highest BCUT2D eigenvalue weighted by atomic mass is 32.2. The van der Waals surface area contributed by atoms with E-state index in [9.17, 15) is 24.2 Å². The first-order valence-corrected chi connectivity index (χ1v) is 10.1. The standard InChI is InChI=1S/C11H4F5NOS6/c12-20-6-5(17-11(18)4-2-1-3-19-4)7(21-13)9(23-15)10(24-16)8(6)22-14/h1-3H,(H,17,18). The molecule has 0 radical (unpaired) electrons. The molecule has 0 saturated heterocycles. The van der Waals surface area contributed by atoms with Crippen LogP contribution in [0.1, 0.15) is 9.67 Å². The molecule has 0 aliphatic heterocycles. The van der Waals surface area contributed by atoms with Crippen molar-refractivity contribution in [2.24, 2.45) is 0 Å². The van der Waals surface area contributed by atoms with Gasteiger partial charge in [-0.2, -0.15) is 19.4 Å². The molecule has 2 nitrogen and oxygen atoms in total. The molecular formula is C11H4F5NOS6. The van der Waals surface area contributed by atoms with Gasteiger partial charge in [-0.05, 0) is 11.4 Å². The normalized spacial score (nSPS) is 10.9. The Kier molecular flexibility index (Phi) is 7.94. The van der Waals surface area contributed by atoms with Gasteiger partial charge in [0.25, 0.3) is 5.91 Å². The minimum Gasteiger partial charge on any atom is -0.319 e. The second-order valence-electron chi connectivity index (χ2n) is 3.84. The number of carbonyl (C=O) groups is 1. The molecule has 0 fully saturated rings. The fourth-order valence-electron chi connectivity index (χ4n) is 1.69. The summed E-state index contributed by atoms with van der Waals surface area (Å²) in [5, 5.41) is 3.85. The molecular weight excluding hydrogens is 450 g/mol. The molecule has 24 heavy (non-hydrogen) atoms. The van der Waals surface area contributed by atoms with Gasteiger partial charge >= 0.3 is 0 Å². The van der Waals surface area contributed by atoms with Crippen LogP contribution in [0.5, 0.6) is 0 Å². The number of carbonyl (C=O) groups excluding carboxylic acids is 1. The highest BCUT2D eigenvalue weighted by Crippen LogP contribution is 2.54. The van der Waals surface area contributed by atoms with Gasteiger partial charge in [-0.25, -0.2) is 0 Å². The lowest BCUT2D eigenvalue weighted by molar-refractivity contribution is 0.103. The Labute approximate surface area is 159 Å². The fourth-order valence-corrected chi connectivity index (χ4v) is 5.16. The average molecular weight is 454 g/mol. The summed E-state index contributed by atoms with van der Waals surface area (Å²) < 4.78 is 66.1. The van der Waals surface area contributed by atoms with Crippen LogP contribution in [0.15, 0.2) is 42.0 Å². The maximum Gasteiger partial charge on any atom is 0.265 e. The molecule has 2 aromatic rings. The van der Waals surface area contributed by atoms with Gasteiger partial charge in [-0.1, -0.05) is 6.07 Å². The molecule has 1 N–H and O–H groups in total. The summed E-state index contributed by atoms with van der Waals surface area (Å²) in [5.74, 6) is -0.708. The molecule has 130 valence electrons. The number of hydrogen-bond donors (Lipinski definition) is 1. The van der Waals surface area contributed by atoms with Crippen LogP contribution in [0.4, 0.5) is 25.1 Å². The van der Waals surface area contributed by atoms with Gasteiger partial charge in [-0.15, -0.1) is 11.3 Å². The molecule has 0 atom stereocenters. The maximum absolute atomic E-state index is 13.3. The molecule has 0 bridgehead atoms. The molecule has 1 amide bonds. The van der Waals surface area contributed by atoms with E-state index in [0.717, 1.165) is 11.3 Å². The summed E-state index contributed by atoms with van der Waals surface area (Å²) in [6.45, 7) is 0. The summed E-state index contributed by atoms with van der Waals surface area (Å²) in [6, 6.07) is 3.05. The average Bonchev–Trinajstić information content (AvgIpc) is 3.14. The summed E-state index contributed by atoms with van der Waals surface area (Å²) in [5.41, 5.74) is -0.452. The van der Waals surface area contributed by atoms with Gasteiger partial charge < -0.3 is 5.32 Å². The topological polar surface area (TPSA) is 29.1 Å². The molecule has 1 heterocycles. The molecule has 0 aliphatic carbocycles. The van der Waals surface area contributed by atoms with Crippen LogP contribution < -0.4 is 5.32 Å². The molecule has 13 heteroatoms. The number of hydrogen-bond acceptors (Lipinski definition) is 7. The Hall–Kier alpha value is -0.210. The highest BCUT2D eigenvalue weighted by molar-refractivity contribution is 8.00. The summed E-state index contributed by atoms with van der Waals surface area (Å²) in [4.78, 5) is 9.53. The number of halogens is 5. The van der Waals surface area contributed by atoms with Crippen molar-refractivity contribution in [3.63, 3.8) is 0 Å². The minimum absolute atomic E-state index is 0.229. The second kappa shape index (κ2) is 9.48. The van der Waals surface area contributed by atoms with E-state index in [1.54, 1.807) is 11.4 Å². The summed E-state index contributed by atoms with van der Waals surface area (Å²) >= 11 is -1.51. The van der Waals surface area contributed by atoms with Gasteiger partial charge in [0.1, 0.15) is 0 Å². The number of benzene rings is 1. The molecule has 0 spiro atoms. The number of thiophene rings is 1. The van der Waals surface area contributed by atoms with Crippen molar-refractivity contribution >= 4 is 83.7 Å². The largest absolute Gasteiger partial charge is 0.319 e. The van der Waals surface area contributed by atoms with Crippen molar-refractivity contribution in [1.82, 2.24) is 0 Å². The predicted molar refractivity (Wildman–Crippen MR) is 93.5 cm³/mol. The van der Waals surface area contributed by atoms with Crippen LogP contribution in [0.2, 0.25) is 0 Å². The molecule has 0 unspecified atom stereocenters. The third kappa shape index (κ3) is 3.96. The SMILES string of the molecule is O=C(Nc1c(SF)c(SF)c(SF)c(SF)c1SF)c1cccs1. The Morgan fingerprint density at radius 3 is 1.67 bits per heavy atom. The van der Waals surface area contributed by atoms with Crippen molar-refractivity contribution in [3.8, 4) is 0 Å². The van der Waals surface area contributed by atoms with Gasteiger partial charge in [-0.3, -0.25) is 4.79 Å². The quantitative estimate of drug-likeness (QED) is 0.429. The van der Waals surface area contributed by atoms with Crippen molar-refractivity contribution < 1.29 is 24.2 Å². The highest BCUT2D eigenvalue weighted by Gasteiger charge is 2.29. The first-order chi connectivity index (χ1) is 11.6. The molecule has 0 saturated carbocycles. The maximum atomic E-state index is 13.3. The molecule has 1 aromatic heterocycles. The van der Waals surface area contributed by atoms with Gasteiger partial charge in [0.05, 0.1) is 95.8 Å². The van der Waals surface area contributed by atoms with Gasteiger partial charge in [0.15, 0.2) is 0 Å². The lowest BCUT2D eigenvalue weighted by atomic mass is 10.3. The summed E-state index contributed by atoms with van der Waals surface area (Å²) in [7, 11) is 0. The minimum atomic E-state index is -0.708. The Morgan fingerprint density at radius 2 is 1.29 bits per heavy atom. The number of amides is 1. The first-order valence-electron chi connectivity index (χ1n) is 5.64. The van der Waals surface area contributed by atoms with E-state index in [-0.39, 0.29) is 4.88 Å². The lowest BCUT2D eigenvalue weighted by Crippen LogP contribution is -2.12. The second-order valence-corrected chi connectivity index (χ2v) is 7.60. The molecule has 1 aromatic carbocycles. The monoisotopic (exact) mass is 453 g/mol. The predicted octanol–water partition coefficient (Wildman–Crippen LogP) is 7.88. The van der Waals surface area contributed by atoms with Crippen molar-refractivity contribution in [1.29, 1.82) is 0 Å². The zero-order valence-corrected chi connectivity index (χ0v) is 15.9. The van der Waals surface area contributed by atoms with Crippen LogP contribution in [0.25, 0.3) is 0 Å². The lowest BCUT2D eigenvalue weighted by Gasteiger charge is -2.17. The van der Waals surface area contributed by atoms with Crippen LogP contribution >= 0.6 is 72.1 Å². The van der Waals surface area contributed by atoms with Crippen LogP contribution in [-0.2, 0) is 0 Å². The van der Waals surface area contributed by atoms with Gasteiger partial charge in [0.2, 0.25) is 0 Å². The van der Waals surface area contributed by atoms with Crippen LogP contribution in [0, 0.1) is 0 Å². The zero-order valence-electron chi connectivity index (χ0n) is 11.0. The van der Waals surface area contributed by atoms with Crippen LogP contribution in [0.3, 0.4) is 0 Å². The van der Waals surface area contributed by atoms with E-state index >= 15 is 0 Å². The number of nitrogens with one attached hydrogen (secondary N) is 1. The van der Waals surface area contributed by atoms with E-state index in [0.29, 0.717) is 0 Å². The Balaban J connectivity index is 2.65. The van der Waals surface area contributed by atoms with Gasteiger partial charge in [0, 0.05) is 0 Å². The Morgan fingerprint density at radius 1 is 0.833 bits per heavy atom. The first kappa shape index (κ1) is 20.1. The third-order valence-electron chi connectivity index (χ3n) is 2.65. The summed E-state index contributed by atoms with van der Waals surface area (Å²) in [6.07, 6.45) is 0. The fraction of sp³-hybridized carbons (Fsp3) is 0. The van der Waals surface area contributed by atoms with E-state index in [4.69, 9.17) is 0 Å². The van der Waals surface area contributed by atoms with E-state index in [1.165, 1.54) is 6.07 Å². The smallest absolute Gasteiger partial charge is 0.265 e. The Bertz CT molecular complexity index is 695. The van der Waals surface area contributed by atoms with Crippen molar-refractivity contribution in [2.75, 3.05) is 5.32 Å². The molecule has 0 aliphatic rings. The van der Waals surface area contributed by atoms with Crippen molar-refractivity contribution in [3.05, 3.63) is 22.4 Å². The third-order valence-corrected chi connectivity index (χ3v) is 6.85. The van der Waals surface area contributed by atoms with Crippen LogP contribution in [-0.4, -0.2) is 5.91 Å². The number of anilines is 1. The van der Waals surface area contributed by atoms with E-state index in [2.05, 4.69) is 5.32 Å². The zero-order chi connectivity index (χ0) is 17.7. The van der Waals surface area contributed by atoms with E-state index in [1.807, 2.05) is 0 Å². The van der Waals surface area contributed by atoms with E-state index < -0.39 is 96.8 Å². The molecule has 2 rings (SSSR count).